The summed E-state index contributed by atoms with van der Waals surface area (Å²) in [7, 11) is 0. The Bertz CT molecular complexity index is 619. The van der Waals surface area contributed by atoms with Crippen molar-refractivity contribution in [3.05, 3.63) is 28.2 Å². The molecule has 1 fully saturated rings. The second kappa shape index (κ2) is 9.00. The summed E-state index contributed by atoms with van der Waals surface area (Å²) in [5, 5.41) is 2.80. The Morgan fingerprint density at radius 1 is 1.50 bits per heavy atom. The van der Waals surface area contributed by atoms with Crippen molar-refractivity contribution in [1.82, 2.24) is 10.2 Å². The predicted octanol–water partition coefficient (Wildman–Crippen LogP) is 3.15. The average molecular weight is 401 g/mol. The summed E-state index contributed by atoms with van der Waals surface area (Å²) in [5.74, 6) is 2.48. The van der Waals surface area contributed by atoms with Crippen molar-refractivity contribution in [3.8, 4) is 18.1 Å². The summed E-state index contributed by atoms with van der Waals surface area (Å²) in [6, 6.07) is 4.43. The Balaban J connectivity index is 2.03. The molecule has 1 aliphatic rings. The fourth-order valence-electron chi connectivity index (χ4n) is 2.79. The van der Waals surface area contributed by atoms with E-state index in [0.29, 0.717) is 12.1 Å². The van der Waals surface area contributed by atoms with Crippen LogP contribution in [0.5, 0.6) is 5.75 Å². The van der Waals surface area contributed by atoms with Gasteiger partial charge in [-0.05, 0) is 37.6 Å². The standard InChI is InChI=1S/C17H19BrF2N2O2/c1-2-8-22-9-4-3-5-14(22)16(23)21-11-12-10-13(18)6-7-15(12)24-17(19)20/h1,6-7,10,14,17H,3-5,8-9,11H2,(H,21,23). The lowest BCUT2D eigenvalue weighted by atomic mass is 10.0. The van der Waals surface area contributed by atoms with Gasteiger partial charge >= 0.3 is 6.61 Å². The first kappa shape index (κ1) is 18.7. The quantitative estimate of drug-likeness (QED) is 0.745. The summed E-state index contributed by atoms with van der Waals surface area (Å²) in [4.78, 5) is 14.4. The van der Waals surface area contributed by atoms with Gasteiger partial charge in [0.25, 0.3) is 0 Å². The predicted molar refractivity (Wildman–Crippen MR) is 90.7 cm³/mol. The molecule has 0 radical (unpaired) electrons. The van der Waals surface area contributed by atoms with Crippen molar-refractivity contribution in [2.24, 2.45) is 0 Å². The number of benzene rings is 1. The number of nitrogens with zero attached hydrogens (tertiary/aromatic N) is 1. The van der Waals surface area contributed by atoms with Crippen LogP contribution in [0.4, 0.5) is 8.78 Å². The molecule has 1 aromatic rings. The number of terminal acetylenes is 1. The zero-order chi connectivity index (χ0) is 17.5. The van der Waals surface area contributed by atoms with Crippen molar-refractivity contribution in [3.63, 3.8) is 0 Å². The van der Waals surface area contributed by atoms with Crippen LogP contribution < -0.4 is 10.1 Å². The third-order valence-electron chi connectivity index (χ3n) is 3.90. The third-order valence-corrected chi connectivity index (χ3v) is 4.40. The van der Waals surface area contributed by atoms with E-state index in [0.717, 1.165) is 30.3 Å². The van der Waals surface area contributed by atoms with E-state index in [4.69, 9.17) is 6.42 Å². The normalized spacial score (nSPS) is 18.2. The van der Waals surface area contributed by atoms with Crippen LogP contribution in [0, 0.1) is 12.3 Å². The molecule has 1 amide bonds. The second-order valence-electron chi connectivity index (χ2n) is 5.53. The molecule has 0 bridgehead atoms. The number of halogens is 3. The Kier molecular flexibility index (Phi) is 7.00. The lowest BCUT2D eigenvalue weighted by Gasteiger charge is -2.33. The number of rotatable bonds is 6. The van der Waals surface area contributed by atoms with Crippen LogP contribution in [0.3, 0.4) is 0 Å². The molecule has 0 aromatic heterocycles. The molecule has 1 unspecified atom stereocenters. The highest BCUT2D eigenvalue weighted by molar-refractivity contribution is 9.10. The van der Waals surface area contributed by atoms with E-state index in [-0.39, 0.29) is 24.2 Å². The molecule has 0 spiro atoms. The van der Waals surface area contributed by atoms with Crippen LogP contribution in [0.2, 0.25) is 0 Å². The number of hydrogen-bond acceptors (Lipinski definition) is 3. The maximum absolute atomic E-state index is 12.5. The Morgan fingerprint density at radius 2 is 2.29 bits per heavy atom. The number of amides is 1. The zero-order valence-electron chi connectivity index (χ0n) is 13.1. The van der Waals surface area contributed by atoms with E-state index >= 15 is 0 Å². The third kappa shape index (κ3) is 5.18. The number of likely N-dealkylation sites (tertiary alicyclic amines) is 1. The summed E-state index contributed by atoms with van der Waals surface area (Å²) in [6.07, 6.45) is 8.08. The van der Waals surface area contributed by atoms with E-state index in [2.05, 4.69) is 31.9 Å². The first-order valence-corrected chi connectivity index (χ1v) is 8.49. The minimum atomic E-state index is -2.91. The largest absolute Gasteiger partial charge is 0.434 e. The zero-order valence-corrected chi connectivity index (χ0v) is 14.7. The van der Waals surface area contributed by atoms with Crippen molar-refractivity contribution in [1.29, 1.82) is 0 Å². The number of hydrogen-bond donors (Lipinski definition) is 1. The minimum Gasteiger partial charge on any atom is -0.434 e. The number of ether oxygens (including phenoxy) is 1. The van der Waals surface area contributed by atoms with Crippen molar-refractivity contribution in [2.75, 3.05) is 13.1 Å². The van der Waals surface area contributed by atoms with E-state index in [1.807, 2.05) is 4.90 Å². The first-order chi connectivity index (χ1) is 11.5. The van der Waals surface area contributed by atoms with Crippen molar-refractivity contribution < 1.29 is 18.3 Å². The van der Waals surface area contributed by atoms with Gasteiger partial charge in [-0.1, -0.05) is 28.3 Å². The lowest BCUT2D eigenvalue weighted by Crippen LogP contribution is -2.49. The number of nitrogens with one attached hydrogen (secondary N) is 1. The van der Waals surface area contributed by atoms with Crippen molar-refractivity contribution >= 4 is 21.8 Å². The maximum atomic E-state index is 12.5. The van der Waals surface area contributed by atoms with Gasteiger partial charge in [0, 0.05) is 16.6 Å². The van der Waals surface area contributed by atoms with Gasteiger partial charge in [-0.2, -0.15) is 8.78 Å². The Labute approximate surface area is 148 Å². The highest BCUT2D eigenvalue weighted by atomic mass is 79.9. The van der Waals surface area contributed by atoms with Crippen LogP contribution in [0.25, 0.3) is 0 Å². The maximum Gasteiger partial charge on any atom is 0.387 e. The van der Waals surface area contributed by atoms with Gasteiger partial charge in [0.05, 0.1) is 12.6 Å². The first-order valence-electron chi connectivity index (χ1n) is 7.69. The Morgan fingerprint density at radius 3 is 3.00 bits per heavy atom. The fourth-order valence-corrected chi connectivity index (χ4v) is 3.20. The molecule has 1 aromatic carbocycles. The SMILES string of the molecule is C#CCN1CCCCC1C(=O)NCc1cc(Br)ccc1OC(F)F. The molecule has 1 heterocycles. The lowest BCUT2D eigenvalue weighted by molar-refractivity contribution is -0.127. The van der Waals surface area contributed by atoms with E-state index in [1.54, 1.807) is 12.1 Å². The van der Waals surface area contributed by atoms with Crippen LogP contribution in [0.1, 0.15) is 24.8 Å². The van der Waals surface area contributed by atoms with E-state index < -0.39 is 6.61 Å². The molecule has 130 valence electrons. The number of alkyl halides is 2. The molecule has 1 atom stereocenters. The molecule has 1 saturated heterocycles. The van der Waals surface area contributed by atoms with Gasteiger partial charge in [-0.25, -0.2) is 0 Å². The van der Waals surface area contributed by atoms with Gasteiger partial charge in [0.2, 0.25) is 5.91 Å². The molecule has 0 saturated carbocycles. The van der Waals surface area contributed by atoms with Crippen LogP contribution in [0.15, 0.2) is 22.7 Å². The molecule has 0 aliphatic carbocycles. The molecule has 1 N–H and O–H groups in total. The molecule has 24 heavy (non-hydrogen) atoms. The van der Waals surface area contributed by atoms with Gasteiger partial charge in [-0.15, -0.1) is 6.42 Å². The fraction of sp³-hybridized carbons (Fsp3) is 0.471. The molecule has 7 heteroatoms. The summed E-state index contributed by atoms with van der Waals surface area (Å²) >= 11 is 3.29. The smallest absolute Gasteiger partial charge is 0.387 e. The van der Waals surface area contributed by atoms with E-state index in [1.165, 1.54) is 6.07 Å². The van der Waals surface area contributed by atoms with E-state index in [9.17, 15) is 13.6 Å². The summed E-state index contributed by atoms with van der Waals surface area (Å²) < 4.78 is 30.2. The molecule has 4 nitrogen and oxygen atoms in total. The Hall–Kier alpha value is -1.65. The number of piperidine rings is 1. The summed E-state index contributed by atoms with van der Waals surface area (Å²) in [6.45, 7) is -1.58. The highest BCUT2D eigenvalue weighted by Gasteiger charge is 2.28. The topological polar surface area (TPSA) is 41.6 Å². The minimum absolute atomic E-state index is 0.0534. The van der Waals surface area contributed by atoms with Gasteiger partial charge in [0.15, 0.2) is 0 Å². The highest BCUT2D eigenvalue weighted by Crippen LogP contribution is 2.25. The average Bonchev–Trinajstić information content (AvgIpc) is 2.55. The van der Waals surface area contributed by atoms with Gasteiger partial charge in [0.1, 0.15) is 5.75 Å². The van der Waals surface area contributed by atoms with Crippen LogP contribution >= 0.6 is 15.9 Å². The number of carbonyl (C=O) groups excluding carboxylic acids is 1. The molecular formula is C17H19BrF2N2O2. The molecule has 1 aliphatic heterocycles. The molecular weight excluding hydrogens is 382 g/mol. The van der Waals surface area contributed by atoms with Gasteiger partial charge < -0.3 is 10.1 Å². The second-order valence-corrected chi connectivity index (χ2v) is 6.45. The summed E-state index contributed by atoms with van der Waals surface area (Å²) in [5.41, 5.74) is 0.484. The number of carbonyl (C=O) groups is 1. The van der Waals surface area contributed by atoms with Crippen LogP contribution in [-0.2, 0) is 11.3 Å². The molecule has 2 rings (SSSR count). The van der Waals surface area contributed by atoms with Gasteiger partial charge in [-0.3, -0.25) is 9.69 Å². The monoisotopic (exact) mass is 400 g/mol. The van der Waals surface area contributed by atoms with Crippen molar-refractivity contribution in [2.45, 2.75) is 38.5 Å². The van der Waals surface area contributed by atoms with Crippen LogP contribution in [-0.4, -0.2) is 36.5 Å².